The molecule has 0 aromatic rings. The van der Waals surface area contributed by atoms with Crippen LogP contribution in [0.15, 0.2) is 109 Å². The fraction of sp³-hybridized carbons (Fsp3) is 0.712. The summed E-state index contributed by atoms with van der Waals surface area (Å²) in [5, 5.41) is 13.9. The van der Waals surface area contributed by atoms with Crippen LogP contribution in [0, 0.1) is 0 Å². The van der Waals surface area contributed by atoms with Crippen LogP contribution in [-0.4, -0.2) is 68.5 Å². The second-order valence-corrected chi connectivity index (χ2v) is 23.1. The van der Waals surface area contributed by atoms with Crippen molar-refractivity contribution in [1.29, 1.82) is 0 Å². The van der Waals surface area contributed by atoms with Crippen molar-refractivity contribution in [3.63, 3.8) is 0 Å². The molecule has 0 saturated heterocycles. The van der Waals surface area contributed by atoms with Gasteiger partial charge in [-0.15, -0.1) is 0 Å². The zero-order valence-corrected chi connectivity index (χ0v) is 50.1. The topological polar surface area (TPSA) is 108 Å². The Morgan fingerprint density at radius 1 is 0.480 bits per heavy atom. The van der Waals surface area contributed by atoms with Crippen molar-refractivity contribution < 1.29 is 32.9 Å². The van der Waals surface area contributed by atoms with Gasteiger partial charge in [0.2, 0.25) is 5.91 Å². The van der Waals surface area contributed by atoms with E-state index >= 15 is 0 Å². The van der Waals surface area contributed by atoms with Gasteiger partial charge in [-0.3, -0.25) is 9.36 Å². The second kappa shape index (κ2) is 55.9. The Bertz CT molecular complexity index is 1590. The quantitative estimate of drug-likeness (QED) is 0.0272. The van der Waals surface area contributed by atoms with E-state index in [4.69, 9.17) is 9.05 Å². The van der Waals surface area contributed by atoms with Crippen molar-refractivity contribution in [2.45, 2.75) is 264 Å². The lowest BCUT2D eigenvalue weighted by Gasteiger charge is -2.29. The largest absolute Gasteiger partial charge is 0.756 e. The molecule has 0 saturated carbocycles. The molecule has 0 aliphatic rings. The lowest BCUT2D eigenvalue weighted by molar-refractivity contribution is -0.870. The summed E-state index contributed by atoms with van der Waals surface area (Å²) in [6, 6.07) is -0.911. The number of carbonyl (C=O) groups is 1. The van der Waals surface area contributed by atoms with Crippen molar-refractivity contribution in [2.24, 2.45) is 0 Å². The Kier molecular flexibility index (Phi) is 53.8. The molecule has 75 heavy (non-hydrogen) atoms. The van der Waals surface area contributed by atoms with E-state index in [-0.39, 0.29) is 12.5 Å². The third kappa shape index (κ3) is 58.7. The summed E-state index contributed by atoms with van der Waals surface area (Å²) in [6.07, 6.45) is 81.8. The second-order valence-electron chi connectivity index (χ2n) is 21.7. The molecule has 432 valence electrons. The fourth-order valence-corrected chi connectivity index (χ4v) is 9.17. The number of nitrogens with one attached hydrogen (secondary N) is 1. The molecule has 9 heteroatoms. The number of hydrogen-bond donors (Lipinski definition) is 2. The maximum atomic E-state index is 13.0. The molecule has 0 fully saturated rings. The number of aliphatic hydroxyl groups excluding tert-OH is 1. The first-order chi connectivity index (χ1) is 36.5. The van der Waals surface area contributed by atoms with E-state index in [1.807, 2.05) is 27.2 Å². The SMILES string of the molecule is CC/C=C\C/C=C\C/C=C\C/C=C\C/C=C\C/C=C\C/C=C\CCCCCCCCCCCCCCCC(=O)NC(COP(=O)([O-])OCC[N+](C)(C)C)C(O)/C=C/CC/C=C/CCCCCCCCCCCCCC. The standard InChI is InChI=1S/C66H117N2O6P/c1-6-8-10-12-14-16-18-20-22-24-26-27-28-29-30-31-32-33-34-35-36-37-38-39-40-41-42-44-46-48-50-52-54-56-58-60-66(70)67-64(63-74-75(71,72)73-62-61-68(3,4)5)65(69)59-57-55-53-51-49-47-45-43-25-23-21-19-17-15-13-11-9-7-2/h8,10,14,16,20,22,26-27,29-30,32-33,35-36,49,51,57,59,64-65,69H,6-7,9,11-13,15,17-19,21,23-25,28,31,34,37-48,50,52-56,58,60-63H2,1-5H3,(H-,67,70,71,72)/b10-8-,16-14-,22-20-,27-26-,30-29-,33-32-,36-35-,51-49+,59-57+. The minimum absolute atomic E-state index is 0.0105. The first-order valence-corrected chi connectivity index (χ1v) is 32.2. The Labute approximate surface area is 463 Å². The van der Waals surface area contributed by atoms with Crippen LogP contribution >= 0.6 is 7.82 Å². The molecular formula is C66H117N2O6P. The van der Waals surface area contributed by atoms with Gasteiger partial charge in [-0.2, -0.15) is 0 Å². The highest BCUT2D eigenvalue weighted by Crippen LogP contribution is 2.38. The van der Waals surface area contributed by atoms with Crippen LogP contribution in [0.1, 0.15) is 251 Å². The average molecular weight is 1070 g/mol. The Balaban J connectivity index is 4.15. The third-order valence-electron chi connectivity index (χ3n) is 13.2. The molecule has 3 unspecified atom stereocenters. The lowest BCUT2D eigenvalue weighted by Crippen LogP contribution is -2.45. The summed E-state index contributed by atoms with van der Waals surface area (Å²) in [5.41, 5.74) is 0. The molecule has 0 aromatic heterocycles. The number of allylic oxidation sites excluding steroid dienone is 17. The molecule has 3 atom stereocenters. The van der Waals surface area contributed by atoms with Gasteiger partial charge in [-0.25, -0.2) is 0 Å². The molecule has 0 radical (unpaired) electrons. The van der Waals surface area contributed by atoms with Crippen LogP contribution in [0.3, 0.4) is 0 Å². The zero-order valence-electron chi connectivity index (χ0n) is 49.2. The average Bonchev–Trinajstić information content (AvgIpc) is 3.37. The molecule has 2 N–H and O–H groups in total. The maximum Gasteiger partial charge on any atom is 0.268 e. The van der Waals surface area contributed by atoms with Gasteiger partial charge >= 0.3 is 0 Å². The number of hydrogen-bond acceptors (Lipinski definition) is 6. The number of carbonyl (C=O) groups excluding carboxylic acids is 1. The van der Waals surface area contributed by atoms with Gasteiger partial charge in [0.05, 0.1) is 39.9 Å². The van der Waals surface area contributed by atoms with Crippen LogP contribution in [0.25, 0.3) is 0 Å². The summed E-state index contributed by atoms with van der Waals surface area (Å²) >= 11 is 0. The number of aliphatic hydroxyl groups is 1. The maximum absolute atomic E-state index is 13.0. The highest BCUT2D eigenvalue weighted by molar-refractivity contribution is 7.45. The summed E-state index contributed by atoms with van der Waals surface area (Å²) in [7, 11) is 1.24. The molecule has 0 rings (SSSR count). The first-order valence-electron chi connectivity index (χ1n) is 30.7. The van der Waals surface area contributed by atoms with Crippen LogP contribution < -0.4 is 10.2 Å². The van der Waals surface area contributed by atoms with Gasteiger partial charge in [-0.1, -0.05) is 264 Å². The summed E-state index contributed by atoms with van der Waals surface area (Å²) in [4.78, 5) is 25.5. The predicted molar refractivity (Wildman–Crippen MR) is 325 cm³/mol. The number of quaternary nitrogens is 1. The highest BCUT2D eigenvalue weighted by Gasteiger charge is 2.23. The molecule has 0 aliphatic heterocycles. The van der Waals surface area contributed by atoms with Gasteiger partial charge in [-0.05, 0) is 89.9 Å². The van der Waals surface area contributed by atoms with Gasteiger partial charge in [0.15, 0.2) is 0 Å². The summed E-state index contributed by atoms with van der Waals surface area (Å²) in [5.74, 6) is -0.211. The number of rotatable bonds is 55. The molecule has 0 heterocycles. The Morgan fingerprint density at radius 2 is 0.827 bits per heavy atom. The van der Waals surface area contributed by atoms with Crippen LogP contribution in [0.2, 0.25) is 0 Å². The molecule has 1 amide bonds. The summed E-state index contributed by atoms with van der Waals surface area (Å²) in [6.45, 7) is 4.52. The van der Waals surface area contributed by atoms with Gasteiger partial charge in [0.25, 0.3) is 7.82 Å². The van der Waals surface area contributed by atoms with Gasteiger partial charge in [0, 0.05) is 6.42 Å². The molecule has 0 aliphatic carbocycles. The number of unbranched alkanes of at least 4 members (excludes halogenated alkanes) is 26. The highest BCUT2D eigenvalue weighted by atomic mass is 31.2. The van der Waals surface area contributed by atoms with Crippen molar-refractivity contribution >= 4 is 13.7 Å². The predicted octanol–water partition coefficient (Wildman–Crippen LogP) is 18.5. The van der Waals surface area contributed by atoms with Crippen molar-refractivity contribution in [3.8, 4) is 0 Å². The van der Waals surface area contributed by atoms with Crippen LogP contribution in [0.4, 0.5) is 0 Å². The van der Waals surface area contributed by atoms with Gasteiger partial charge < -0.3 is 28.8 Å². The normalized spacial score (nSPS) is 14.6. The smallest absolute Gasteiger partial charge is 0.268 e. The lowest BCUT2D eigenvalue weighted by atomic mass is 10.0. The number of likely N-dealkylation sites (N-methyl/N-ethyl adjacent to an activating group) is 1. The molecule has 0 aromatic carbocycles. The van der Waals surface area contributed by atoms with Crippen LogP contribution in [-0.2, 0) is 18.4 Å². The van der Waals surface area contributed by atoms with Crippen molar-refractivity contribution in [2.75, 3.05) is 40.9 Å². The third-order valence-corrected chi connectivity index (χ3v) is 14.2. The van der Waals surface area contributed by atoms with Crippen LogP contribution in [0.5, 0.6) is 0 Å². The molecule has 0 spiro atoms. The van der Waals surface area contributed by atoms with E-state index in [0.717, 1.165) is 83.5 Å². The van der Waals surface area contributed by atoms with E-state index in [2.05, 4.69) is 116 Å². The number of amides is 1. The number of phosphoric acid groups is 1. The van der Waals surface area contributed by atoms with Gasteiger partial charge in [0.1, 0.15) is 13.2 Å². The number of nitrogens with zero attached hydrogens (tertiary/aromatic N) is 1. The number of phosphoric ester groups is 1. The Morgan fingerprint density at radius 3 is 1.24 bits per heavy atom. The van der Waals surface area contributed by atoms with E-state index < -0.39 is 26.6 Å². The summed E-state index contributed by atoms with van der Waals surface area (Å²) < 4.78 is 23.3. The monoisotopic (exact) mass is 1060 g/mol. The molecule has 0 bridgehead atoms. The zero-order chi connectivity index (χ0) is 54.9. The van der Waals surface area contributed by atoms with E-state index in [9.17, 15) is 19.4 Å². The fourth-order valence-electron chi connectivity index (χ4n) is 8.44. The van der Waals surface area contributed by atoms with Crippen molar-refractivity contribution in [1.82, 2.24) is 5.32 Å². The Hall–Kier alpha value is -2.84. The molecular weight excluding hydrogens is 948 g/mol. The van der Waals surface area contributed by atoms with Crippen molar-refractivity contribution in [3.05, 3.63) is 109 Å². The van der Waals surface area contributed by atoms with E-state index in [1.54, 1.807) is 6.08 Å². The van der Waals surface area contributed by atoms with E-state index in [1.165, 1.54) is 148 Å². The van der Waals surface area contributed by atoms with E-state index in [0.29, 0.717) is 17.4 Å². The first kappa shape index (κ1) is 72.2. The minimum atomic E-state index is -4.61. The molecule has 8 nitrogen and oxygen atoms in total. The minimum Gasteiger partial charge on any atom is -0.756 e.